The Balaban J connectivity index is 4.22. The van der Waals surface area contributed by atoms with E-state index in [-0.39, 0.29) is 19.4 Å². The van der Waals surface area contributed by atoms with E-state index in [9.17, 15) is 23.8 Å². The van der Waals surface area contributed by atoms with Gasteiger partial charge < -0.3 is 25.2 Å². The van der Waals surface area contributed by atoms with Gasteiger partial charge >= 0.3 is 25.7 Å². The van der Waals surface area contributed by atoms with E-state index in [2.05, 4.69) is 42.7 Å². The molecule has 0 rings (SSSR count). The second-order valence-corrected chi connectivity index (χ2v) is 19.1. The molecule has 0 aromatic rings. The van der Waals surface area contributed by atoms with Crippen molar-refractivity contribution < 1.29 is 47.5 Å². The summed E-state index contributed by atoms with van der Waals surface area (Å²) in [6.07, 6.45) is 50.9. The zero-order chi connectivity index (χ0) is 46.3. The molecular weight excluding hydrogens is 818 g/mol. The third-order valence-electron chi connectivity index (χ3n) is 11.5. The number of phosphoric acid groups is 1. The molecule has 370 valence electrons. The average molecular weight is 914 g/mol. The minimum absolute atomic E-state index is 0.166. The maximum absolute atomic E-state index is 12.7. The van der Waals surface area contributed by atoms with Gasteiger partial charge in [-0.05, 0) is 44.9 Å². The van der Waals surface area contributed by atoms with Gasteiger partial charge in [0.1, 0.15) is 12.6 Å². The average Bonchev–Trinajstić information content (AvgIpc) is 3.26. The van der Waals surface area contributed by atoms with Gasteiger partial charge in [0.25, 0.3) is 0 Å². The van der Waals surface area contributed by atoms with Crippen LogP contribution < -0.4 is 5.73 Å². The molecular formula is C51H96NO10P. The van der Waals surface area contributed by atoms with Crippen LogP contribution in [-0.2, 0) is 37.5 Å². The van der Waals surface area contributed by atoms with E-state index >= 15 is 0 Å². The van der Waals surface area contributed by atoms with Crippen molar-refractivity contribution in [2.24, 2.45) is 5.73 Å². The van der Waals surface area contributed by atoms with E-state index in [1.807, 2.05) is 0 Å². The molecule has 1 unspecified atom stereocenters. The van der Waals surface area contributed by atoms with Gasteiger partial charge in [-0.3, -0.25) is 23.4 Å². The van der Waals surface area contributed by atoms with Crippen molar-refractivity contribution >= 4 is 25.7 Å². The number of ether oxygens (including phenoxy) is 2. The normalized spacial score (nSPS) is 13.7. The van der Waals surface area contributed by atoms with Crippen LogP contribution in [0.3, 0.4) is 0 Å². The van der Waals surface area contributed by atoms with Gasteiger partial charge in [0.05, 0.1) is 13.2 Å². The summed E-state index contributed by atoms with van der Waals surface area (Å²) in [6.45, 7) is 2.83. The summed E-state index contributed by atoms with van der Waals surface area (Å²) in [4.78, 5) is 46.2. The molecule has 0 aromatic carbocycles. The van der Waals surface area contributed by atoms with Crippen molar-refractivity contribution in [2.75, 3.05) is 19.8 Å². The second-order valence-electron chi connectivity index (χ2n) is 17.7. The van der Waals surface area contributed by atoms with Gasteiger partial charge in [-0.2, -0.15) is 0 Å². The minimum Gasteiger partial charge on any atom is -0.480 e. The number of aliphatic carboxylic acids is 1. The Morgan fingerprint density at radius 2 is 0.841 bits per heavy atom. The molecule has 0 saturated heterocycles. The number of hydrogen-bond acceptors (Lipinski definition) is 9. The fraction of sp³-hybridized carbons (Fsp3) is 0.863. The van der Waals surface area contributed by atoms with Crippen molar-refractivity contribution in [3.63, 3.8) is 0 Å². The van der Waals surface area contributed by atoms with Crippen LogP contribution in [0.2, 0.25) is 0 Å². The van der Waals surface area contributed by atoms with Crippen LogP contribution in [0, 0.1) is 0 Å². The molecule has 0 saturated carbocycles. The highest BCUT2D eigenvalue weighted by atomic mass is 31.2. The molecule has 0 aliphatic carbocycles. The Kier molecular flexibility index (Phi) is 45.0. The standard InChI is InChI=1S/C51H96NO10P/c1-3-5-7-9-11-13-15-17-19-21-23-25-27-29-31-33-35-37-39-41-43-50(54)62-47(45-60-63(57,58)61-46-48(52)51(55)56)44-59-49(53)42-40-38-36-34-32-30-28-26-24-22-20-18-16-14-12-10-8-6-4-2/h12,14,18,20,47-48H,3-11,13,15-17,19,21-46,52H2,1-2H3,(H,55,56)(H,57,58)/b14-12+,20-18+/t47-,48+/m1/s1. The first-order valence-electron chi connectivity index (χ1n) is 25.9. The molecule has 0 fully saturated rings. The fourth-order valence-electron chi connectivity index (χ4n) is 7.39. The van der Waals surface area contributed by atoms with Gasteiger partial charge in [0.2, 0.25) is 0 Å². The number of carboxylic acid groups (broad SMARTS) is 1. The summed E-state index contributed by atoms with van der Waals surface area (Å²) in [5.74, 6) is -2.37. The van der Waals surface area contributed by atoms with Crippen LogP contribution in [-0.4, -0.2) is 59.9 Å². The van der Waals surface area contributed by atoms with Crippen molar-refractivity contribution in [3.05, 3.63) is 24.3 Å². The van der Waals surface area contributed by atoms with Gasteiger partial charge in [0.15, 0.2) is 6.10 Å². The number of unbranched alkanes of at least 4 members (excludes halogenated alkanes) is 31. The van der Waals surface area contributed by atoms with Crippen molar-refractivity contribution in [1.82, 2.24) is 0 Å². The number of carboxylic acids is 1. The third-order valence-corrected chi connectivity index (χ3v) is 12.4. The van der Waals surface area contributed by atoms with Crippen LogP contribution in [0.25, 0.3) is 0 Å². The molecule has 12 heteroatoms. The topological polar surface area (TPSA) is 172 Å². The summed E-state index contributed by atoms with van der Waals surface area (Å²) in [5.41, 5.74) is 5.35. The lowest BCUT2D eigenvalue weighted by molar-refractivity contribution is -0.161. The highest BCUT2D eigenvalue weighted by Gasteiger charge is 2.28. The number of hydrogen-bond donors (Lipinski definition) is 3. The van der Waals surface area contributed by atoms with E-state index in [0.29, 0.717) is 12.8 Å². The van der Waals surface area contributed by atoms with Gasteiger partial charge in [-0.25, -0.2) is 4.57 Å². The lowest BCUT2D eigenvalue weighted by Crippen LogP contribution is -2.34. The van der Waals surface area contributed by atoms with Crippen LogP contribution in [0.4, 0.5) is 0 Å². The van der Waals surface area contributed by atoms with Crippen molar-refractivity contribution in [1.29, 1.82) is 0 Å². The Bertz CT molecular complexity index is 1160. The monoisotopic (exact) mass is 914 g/mol. The first-order valence-corrected chi connectivity index (χ1v) is 27.4. The molecule has 0 aliphatic rings. The van der Waals surface area contributed by atoms with Crippen LogP contribution in [0.15, 0.2) is 24.3 Å². The minimum atomic E-state index is -4.72. The number of phosphoric ester groups is 1. The molecule has 3 atom stereocenters. The van der Waals surface area contributed by atoms with Crippen molar-refractivity contribution in [3.8, 4) is 0 Å². The Morgan fingerprint density at radius 1 is 0.492 bits per heavy atom. The Labute approximate surface area is 385 Å². The van der Waals surface area contributed by atoms with E-state index in [1.54, 1.807) is 0 Å². The third kappa shape index (κ3) is 46.3. The Hall–Kier alpha value is -2.04. The zero-order valence-corrected chi connectivity index (χ0v) is 41.3. The molecule has 0 bridgehead atoms. The quantitative estimate of drug-likeness (QED) is 0.0230. The second kappa shape index (κ2) is 46.5. The van der Waals surface area contributed by atoms with Gasteiger partial charge in [-0.15, -0.1) is 0 Å². The fourth-order valence-corrected chi connectivity index (χ4v) is 8.17. The molecule has 0 aliphatic heterocycles. The number of carbonyl (C=O) groups is 3. The van der Waals surface area contributed by atoms with Crippen molar-refractivity contribution in [2.45, 2.75) is 264 Å². The van der Waals surface area contributed by atoms with Gasteiger partial charge in [-0.1, -0.05) is 218 Å². The summed E-state index contributed by atoms with van der Waals surface area (Å²) in [6, 6.07) is -1.52. The smallest absolute Gasteiger partial charge is 0.472 e. The van der Waals surface area contributed by atoms with Crippen LogP contribution in [0.1, 0.15) is 251 Å². The first-order chi connectivity index (χ1) is 30.6. The zero-order valence-electron chi connectivity index (χ0n) is 40.4. The predicted molar refractivity (Wildman–Crippen MR) is 259 cm³/mol. The molecule has 0 radical (unpaired) electrons. The molecule has 0 amide bonds. The van der Waals surface area contributed by atoms with Crippen LogP contribution in [0.5, 0.6) is 0 Å². The summed E-state index contributed by atoms with van der Waals surface area (Å²) in [7, 11) is -4.72. The Morgan fingerprint density at radius 3 is 1.27 bits per heavy atom. The highest BCUT2D eigenvalue weighted by Crippen LogP contribution is 2.43. The summed E-state index contributed by atoms with van der Waals surface area (Å²) < 4.78 is 32.9. The maximum Gasteiger partial charge on any atom is 0.472 e. The SMILES string of the molecule is CCCCC/C=C/C/C=C/CCCCCCCCCCCC(=O)OC[C@H](COP(=O)(O)OC[C@H](N)C(=O)O)OC(=O)CCCCCCCCCCCCCCCCCCCCCC. The number of nitrogens with two attached hydrogens (primary N) is 1. The van der Waals surface area contributed by atoms with E-state index in [1.165, 1.54) is 161 Å². The molecule has 0 heterocycles. The molecule has 11 nitrogen and oxygen atoms in total. The summed E-state index contributed by atoms with van der Waals surface area (Å²) in [5, 5.41) is 8.92. The maximum atomic E-state index is 12.7. The van der Waals surface area contributed by atoms with E-state index < -0.39 is 51.1 Å². The first kappa shape index (κ1) is 61.0. The van der Waals surface area contributed by atoms with Crippen LogP contribution >= 0.6 is 7.82 Å². The number of esters is 2. The number of rotatable bonds is 49. The lowest BCUT2D eigenvalue weighted by Gasteiger charge is -2.20. The number of allylic oxidation sites excluding steroid dienone is 4. The van der Waals surface area contributed by atoms with E-state index in [4.69, 9.17) is 24.8 Å². The highest BCUT2D eigenvalue weighted by molar-refractivity contribution is 7.47. The number of carbonyl (C=O) groups excluding carboxylic acids is 2. The molecule has 0 aromatic heterocycles. The largest absolute Gasteiger partial charge is 0.480 e. The molecule has 0 spiro atoms. The van der Waals surface area contributed by atoms with E-state index in [0.717, 1.165) is 51.4 Å². The van der Waals surface area contributed by atoms with Gasteiger partial charge in [0, 0.05) is 12.8 Å². The predicted octanol–water partition coefficient (Wildman–Crippen LogP) is 14.6. The lowest BCUT2D eigenvalue weighted by atomic mass is 10.0. The molecule has 4 N–H and O–H groups in total. The summed E-state index contributed by atoms with van der Waals surface area (Å²) >= 11 is 0. The molecule has 63 heavy (non-hydrogen) atoms.